The standard InChI is InChI=1S/C15H12IN/c1-11-6-7-12-8-9-17(15(12)10-11)14-5-3-2-4-13(14)16/h2-10H,1H3. The highest BCUT2D eigenvalue weighted by atomic mass is 127. The molecule has 0 saturated heterocycles. The van der Waals surface area contributed by atoms with Gasteiger partial charge in [-0.3, -0.25) is 0 Å². The topological polar surface area (TPSA) is 4.93 Å². The molecule has 1 heterocycles. The van der Waals surface area contributed by atoms with Crippen molar-refractivity contribution in [1.29, 1.82) is 0 Å². The van der Waals surface area contributed by atoms with Crippen molar-refractivity contribution in [2.24, 2.45) is 0 Å². The van der Waals surface area contributed by atoms with Gasteiger partial charge in [-0.25, -0.2) is 0 Å². The van der Waals surface area contributed by atoms with E-state index < -0.39 is 0 Å². The van der Waals surface area contributed by atoms with E-state index in [0.29, 0.717) is 0 Å². The smallest absolute Gasteiger partial charge is 0.0589 e. The van der Waals surface area contributed by atoms with Crippen LogP contribution in [0.3, 0.4) is 0 Å². The Hall–Kier alpha value is -1.29. The minimum atomic E-state index is 1.24. The molecule has 1 nitrogen and oxygen atoms in total. The van der Waals surface area contributed by atoms with E-state index in [-0.39, 0.29) is 0 Å². The monoisotopic (exact) mass is 333 g/mol. The fourth-order valence-corrected chi connectivity index (χ4v) is 2.74. The third kappa shape index (κ3) is 1.86. The number of halogens is 1. The van der Waals surface area contributed by atoms with Crippen LogP contribution < -0.4 is 0 Å². The molecule has 0 fully saturated rings. The van der Waals surface area contributed by atoms with Gasteiger partial charge in [0.1, 0.15) is 0 Å². The number of rotatable bonds is 1. The van der Waals surface area contributed by atoms with Crippen molar-refractivity contribution in [2.45, 2.75) is 6.92 Å². The molecule has 17 heavy (non-hydrogen) atoms. The molecule has 0 atom stereocenters. The van der Waals surface area contributed by atoms with Crippen LogP contribution >= 0.6 is 22.6 Å². The van der Waals surface area contributed by atoms with E-state index in [1.807, 2.05) is 0 Å². The van der Waals surface area contributed by atoms with Gasteiger partial charge in [0.2, 0.25) is 0 Å². The van der Waals surface area contributed by atoms with E-state index in [2.05, 4.69) is 88.8 Å². The van der Waals surface area contributed by atoms with Gasteiger partial charge in [0.25, 0.3) is 0 Å². The number of fused-ring (bicyclic) bond motifs is 1. The molecule has 1 aromatic heterocycles. The molecule has 0 amide bonds. The third-order valence-electron chi connectivity index (χ3n) is 2.96. The molecule has 2 aromatic carbocycles. The fourth-order valence-electron chi connectivity index (χ4n) is 2.10. The zero-order valence-corrected chi connectivity index (χ0v) is 11.7. The molecule has 3 aromatic rings. The maximum Gasteiger partial charge on any atom is 0.0589 e. The van der Waals surface area contributed by atoms with Crippen molar-refractivity contribution < 1.29 is 0 Å². The van der Waals surface area contributed by atoms with Gasteiger partial charge in [-0.1, -0.05) is 24.3 Å². The van der Waals surface area contributed by atoms with E-state index in [4.69, 9.17) is 0 Å². The van der Waals surface area contributed by atoms with Gasteiger partial charge in [0.05, 0.1) is 11.2 Å². The number of hydrogen-bond acceptors (Lipinski definition) is 0. The molecule has 2 heteroatoms. The molecule has 0 N–H and O–H groups in total. The van der Waals surface area contributed by atoms with E-state index in [1.165, 1.54) is 25.7 Å². The molecule has 0 aliphatic heterocycles. The van der Waals surface area contributed by atoms with E-state index >= 15 is 0 Å². The second-order valence-electron chi connectivity index (χ2n) is 4.20. The minimum absolute atomic E-state index is 1.24. The summed E-state index contributed by atoms with van der Waals surface area (Å²) >= 11 is 2.38. The van der Waals surface area contributed by atoms with Crippen LogP contribution in [0.1, 0.15) is 5.56 Å². The van der Waals surface area contributed by atoms with Gasteiger partial charge in [0, 0.05) is 9.77 Å². The van der Waals surface area contributed by atoms with Crippen molar-refractivity contribution in [3.63, 3.8) is 0 Å². The highest BCUT2D eigenvalue weighted by molar-refractivity contribution is 14.1. The SMILES string of the molecule is Cc1ccc2ccn(-c3ccccc3I)c2c1. The summed E-state index contributed by atoms with van der Waals surface area (Å²) in [5.74, 6) is 0. The number of aromatic nitrogens is 1. The first kappa shape index (κ1) is 10.8. The second kappa shape index (κ2) is 4.18. The first-order valence-corrected chi connectivity index (χ1v) is 6.66. The lowest BCUT2D eigenvalue weighted by Gasteiger charge is -2.08. The molecule has 0 unspecified atom stereocenters. The summed E-state index contributed by atoms with van der Waals surface area (Å²) in [5, 5.41) is 1.29. The lowest BCUT2D eigenvalue weighted by Crippen LogP contribution is -1.94. The summed E-state index contributed by atoms with van der Waals surface area (Å²) in [6.45, 7) is 2.13. The summed E-state index contributed by atoms with van der Waals surface area (Å²) in [6, 6.07) is 17.2. The molecule has 0 spiro atoms. The Labute approximate surface area is 114 Å². The maximum absolute atomic E-state index is 2.38. The molecule has 0 saturated carbocycles. The Kier molecular flexibility index (Phi) is 2.67. The Bertz CT molecular complexity index is 682. The van der Waals surface area contributed by atoms with Gasteiger partial charge < -0.3 is 4.57 Å². The van der Waals surface area contributed by atoms with Crippen LogP contribution in [0.5, 0.6) is 0 Å². The lowest BCUT2D eigenvalue weighted by atomic mass is 10.2. The zero-order chi connectivity index (χ0) is 11.8. The summed E-state index contributed by atoms with van der Waals surface area (Å²) in [7, 11) is 0. The van der Waals surface area contributed by atoms with Gasteiger partial charge in [-0.05, 0) is 64.7 Å². The van der Waals surface area contributed by atoms with Crippen molar-refractivity contribution in [2.75, 3.05) is 0 Å². The molecule has 0 aliphatic rings. The molecule has 0 bridgehead atoms. The third-order valence-corrected chi connectivity index (χ3v) is 3.87. The Morgan fingerprint density at radius 3 is 2.65 bits per heavy atom. The first-order valence-electron chi connectivity index (χ1n) is 5.58. The largest absolute Gasteiger partial charge is 0.315 e. The van der Waals surface area contributed by atoms with Crippen LogP contribution in [0.2, 0.25) is 0 Å². The molecule has 0 radical (unpaired) electrons. The molecular weight excluding hydrogens is 321 g/mol. The summed E-state index contributed by atoms with van der Waals surface area (Å²) in [5.41, 5.74) is 3.81. The van der Waals surface area contributed by atoms with Crippen LogP contribution in [0, 0.1) is 10.5 Å². The van der Waals surface area contributed by atoms with E-state index in [1.54, 1.807) is 0 Å². The number of para-hydroxylation sites is 1. The number of nitrogens with zero attached hydrogens (tertiary/aromatic N) is 1. The maximum atomic E-state index is 2.38. The van der Waals surface area contributed by atoms with E-state index in [0.717, 1.165) is 0 Å². The predicted octanol–water partition coefficient (Wildman–Crippen LogP) is 4.54. The molecule has 84 valence electrons. The van der Waals surface area contributed by atoms with Gasteiger partial charge >= 0.3 is 0 Å². The fraction of sp³-hybridized carbons (Fsp3) is 0.0667. The van der Waals surface area contributed by atoms with Crippen LogP contribution in [-0.2, 0) is 0 Å². The van der Waals surface area contributed by atoms with Crippen LogP contribution in [0.15, 0.2) is 54.7 Å². The number of aryl methyl sites for hydroxylation is 1. The van der Waals surface area contributed by atoms with Gasteiger partial charge in [-0.2, -0.15) is 0 Å². The van der Waals surface area contributed by atoms with Crippen molar-refractivity contribution in [1.82, 2.24) is 4.57 Å². The van der Waals surface area contributed by atoms with Crippen molar-refractivity contribution in [3.8, 4) is 5.69 Å². The first-order chi connectivity index (χ1) is 8.25. The van der Waals surface area contributed by atoms with Crippen molar-refractivity contribution in [3.05, 3.63) is 63.9 Å². The summed E-state index contributed by atoms with van der Waals surface area (Å²) < 4.78 is 3.52. The van der Waals surface area contributed by atoms with Crippen LogP contribution in [0.25, 0.3) is 16.6 Å². The Morgan fingerprint density at radius 2 is 1.82 bits per heavy atom. The highest BCUT2D eigenvalue weighted by Crippen LogP contribution is 2.24. The Morgan fingerprint density at radius 1 is 1.00 bits per heavy atom. The van der Waals surface area contributed by atoms with Crippen LogP contribution in [0.4, 0.5) is 0 Å². The quantitative estimate of drug-likeness (QED) is 0.576. The highest BCUT2D eigenvalue weighted by Gasteiger charge is 2.05. The average Bonchev–Trinajstić information content (AvgIpc) is 2.72. The minimum Gasteiger partial charge on any atom is -0.315 e. The predicted molar refractivity (Wildman–Crippen MR) is 80.7 cm³/mol. The van der Waals surface area contributed by atoms with Gasteiger partial charge in [-0.15, -0.1) is 0 Å². The van der Waals surface area contributed by atoms with E-state index in [9.17, 15) is 0 Å². The summed E-state index contributed by atoms with van der Waals surface area (Å²) in [6.07, 6.45) is 2.14. The molecule has 3 rings (SSSR count). The number of hydrogen-bond donors (Lipinski definition) is 0. The van der Waals surface area contributed by atoms with Gasteiger partial charge in [0.15, 0.2) is 0 Å². The molecular formula is C15H12IN. The second-order valence-corrected chi connectivity index (χ2v) is 5.36. The Balaban J connectivity index is 2.31. The molecule has 0 aliphatic carbocycles. The normalized spacial score (nSPS) is 10.9. The summed E-state index contributed by atoms with van der Waals surface area (Å²) in [4.78, 5) is 0. The zero-order valence-electron chi connectivity index (χ0n) is 9.52. The van der Waals surface area contributed by atoms with Crippen molar-refractivity contribution >= 4 is 33.5 Å². The van der Waals surface area contributed by atoms with Crippen LogP contribution in [-0.4, -0.2) is 4.57 Å². The number of benzene rings is 2. The average molecular weight is 333 g/mol. The lowest BCUT2D eigenvalue weighted by molar-refractivity contribution is 1.11.